The van der Waals surface area contributed by atoms with Crippen LogP contribution in [-0.4, -0.2) is 35.7 Å². The molecule has 0 atom stereocenters. The number of ether oxygens (including phenoxy) is 1. The molecule has 1 aromatic heterocycles. The maximum atomic E-state index is 13.3. The van der Waals surface area contributed by atoms with Gasteiger partial charge in [0, 0.05) is 26.3 Å². The first-order valence-electron chi connectivity index (χ1n) is 9.05. The molecule has 1 aliphatic heterocycles. The maximum absolute atomic E-state index is 13.3. The molecule has 2 aromatic rings. The van der Waals surface area contributed by atoms with Crippen molar-refractivity contribution in [2.45, 2.75) is 39.7 Å². The monoisotopic (exact) mass is 342 g/mol. The quantitative estimate of drug-likeness (QED) is 0.805. The van der Waals surface area contributed by atoms with Gasteiger partial charge >= 0.3 is 0 Å². The number of aromatic nitrogens is 1. The van der Waals surface area contributed by atoms with Crippen molar-refractivity contribution >= 4 is 5.91 Å². The normalized spacial score (nSPS) is 15.3. The molecule has 1 aromatic carbocycles. The molecule has 3 rings (SSSR count). The second-order valence-electron chi connectivity index (χ2n) is 6.64. The molecule has 0 bridgehead atoms. The SMILES string of the molecule is CCc1noc(C)c1C(=O)N(Cc1ccccc1)CC1CCOCC1. The standard InChI is InChI=1S/C20H26N2O3/c1-3-18-19(15(2)25-21-18)20(23)22(13-16-7-5-4-6-8-16)14-17-9-11-24-12-10-17/h4-8,17H,3,9-14H2,1-2H3. The van der Waals surface area contributed by atoms with Crippen molar-refractivity contribution in [3.63, 3.8) is 0 Å². The number of amides is 1. The van der Waals surface area contributed by atoms with E-state index >= 15 is 0 Å². The molecule has 1 amide bonds. The van der Waals surface area contributed by atoms with E-state index < -0.39 is 0 Å². The highest BCUT2D eigenvalue weighted by molar-refractivity contribution is 5.96. The summed E-state index contributed by atoms with van der Waals surface area (Å²) < 4.78 is 10.7. The predicted molar refractivity (Wildman–Crippen MR) is 95.3 cm³/mol. The zero-order valence-electron chi connectivity index (χ0n) is 15.0. The van der Waals surface area contributed by atoms with Crippen molar-refractivity contribution in [1.82, 2.24) is 10.1 Å². The van der Waals surface area contributed by atoms with Crippen LogP contribution in [0.1, 0.15) is 47.1 Å². The Morgan fingerprint density at radius 2 is 1.96 bits per heavy atom. The molecule has 0 aliphatic carbocycles. The summed E-state index contributed by atoms with van der Waals surface area (Å²) in [6.45, 7) is 6.72. The van der Waals surface area contributed by atoms with E-state index in [1.807, 2.05) is 36.9 Å². The van der Waals surface area contributed by atoms with Gasteiger partial charge in [0.25, 0.3) is 5.91 Å². The minimum atomic E-state index is 0.0194. The lowest BCUT2D eigenvalue weighted by atomic mass is 9.98. The number of aryl methyl sites for hydroxylation is 2. The van der Waals surface area contributed by atoms with Gasteiger partial charge in [-0.05, 0) is 37.7 Å². The zero-order valence-corrected chi connectivity index (χ0v) is 15.0. The molecular formula is C20H26N2O3. The summed E-state index contributed by atoms with van der Waals surface area (Å²) in [5.41, 5.74) is 2.51. The van der Waals surface area contributed by atoms with E-state index in [9.17, 15) is 4.79 Å². The van der Waals surface area contributed by atoms with Gasteiger partial charge in [0.1, 0.15) is 11.3 Å². The zero-order chi connectivity index (χ0) is 17.6. The maximum Gasteiger partial charge on any atom is 0.259 e. The third-order valence-corrected chi connectivity index (χ3v) is 4.81. The highest BCUT2D eigenvalue weighted by Gasteiger charge is 2.27. The molecular weight excluding hydrogens is 316 g/mol. The summed E-state index contributed by atoms with van der Waals surface area (Å²) >= 11 is 0. The van der Waals surface area contributed by atoms with Crippen LogP contribution in [0, 0.1) is 12.8 Å². The third kappa shape index (κ3) is 4.28. The lowest BCUT2D eigenvalue weighted by Gasteiger charge is -2.30. The molecule has 134 valence electrons. The van der Waals surface area contributed by atoms with Crippen molar-refractivity contribution in [2.24, 2.45) is 5.92 Å². The Morgan fingerprint density at radius 1 is 1.24 bits per heavy atom. The van der Waals surface area contributed by atoms with Crippen LogP contribution in [0.5, 0.6) is 0 Å². The Balaban J connectivity index is 1.83. The van der Waals surface area contributed by atoms with Gasteiger partial charge in [-0.3, -0.25) is 4.79 Å². The molecule has 5 heteroatoms. The second-order valence-corrected chi connectivity index (χ2v) is 6.64. The topological polar surface area (TPSA) is 55.6 Å². The van der Waals surface area contributed by atoms with Crippen LogP contribution < -0.4 is 0 Å². The Kier molecular flexibility index (Phi) is 5.87. The van der Waals surface area contributed by atoms with Crippen molar-refractivity contribution in [3.8, 4) is 0 Å². The predicted octanol–water partition coefficient (Wildman–Crippen LogP) is 3.61. The minimum Gasteiger partial charge on any atom is -0.381 e. The molecule has 25 heavy (non-hydrogen) atoms. The van der Waals surface area contributed by atoms with E-state index in [-0.39, 0.29) is 5.91 Å². The summed E-state index contributed by atoms with van der Waals surface area (Å²) in [5.74, 6) is 1.10. The van der Waals surface area contributed by atoms with Crippen molar-refractivity contribution in [1.29, 1.82) is 0 Å². The van der Waals surface area contributed by atoms with Crippen LogP contribution in [0.15, 0.2) is 34.9 Å². The Labute approximate surface area is 148 Å². The molecule has 1 aliphatic rings. The first-order chi connectivity index (χ1) is 12.2. The first kappa shape index (κ1) is 17.7. The number of hydrogen-bond acceptors (Lipinski definition) is 4. The molecule has 1 saturated heterocycles. The molecule has 0 spiro atoms. The lowest BCUT2D eigenvalue weighted by Crippen LogP contribution is -2.37. The average Bonchev–Trinajstić information content (AvgIpc) is 3.03. The van der Waals surface area contributed by atoms with Gasteiger partial charge in [0.05, 0.1) is 5.69 Å². The van der Waals surface area contributed by atoms with E-state index in [1.54, 1.807) is 0 Å². The average molecular weight is 342 g/mol. The van der Waals surface area contributed by atoms with Crippen LogP contribution >= 0.6 is 0 Å². The number of carbonyl (C=O) groups is 1. The highest BCUT2D eigenvalue weighted by atomic mass is 16.5. The van der Waals surface area contributed by atoms with Gasteiger partial charge < -0.3 is 14.2 Å². The first-order valence-corrected chi connectivity index (χ1v) is 9.05. The van der Waals surface area contributed by atoms with Crippen molar-refractivity contribution in [3.05, 3.63) is 52.9 Å². The highest BCUT2D eigenvalue weighted by Crippen LogP contribution is 2.22. The Bertz CT molecular complexity index is 690. The van der Waals surface area contributed by atoms with Crippen molar-refractivity contribution in [2.75, 3.05) is 19.8 Å². The van der Waals surface area contributed by atoms with E-state index in [1.165, 1.54) is 0 Å². The Morgan fingerprint density at radius 3 is 2.64 bits per heavy atom. The number of benzene rings is 1. The third-order valence-electron chi connectivity index (χ3n) is 4.81. The number of rotatable bonds is 6. The Hall–Kier alpha value is -2.14. The second kappa shape index (κ2) is 8.30. The summed E-state index contributed by atoms with van der Waals surface area (Å²) in [6, 6.07) is 10.1. The molecule has 0 radical (unpaired) electrons. The molecule has 0 N–H and O–H groups in total. The van der Waals surface area contributed by atoms with Crippen LogP contribution in [0.3, 0.4) is 0 Å². The van der Waals surface area contributed by atoms with E-state index in [0.29, 0.717) is 30.2 Å². The van der Waals surface area contributed by atoms with Gasteiger partial charge in [-0.1, -0.05) is 42.4 Å². The molecule has 2 heterocycles. The summed E-state index contributed by atoms with van der Waals surface area (Å²) in [7, 11) is 0. The number of carbonyl (C=O) groups excluding carboxylic acids is 1. The number of hydrogen-bond donors (Lipinski definition) is 0. The van der Waals surface area contributed by atoms with E-state index in [2.05, 4.69) is 17.3 Å². The fourth-order valence-corrected chi connectivity index (χ4v) is 3.36. The largest absolute Gasteiger partial charge is 0.381 e. The van der Waals surface area contributed by atoms with E-state index in [4.69, 9.17) is 9.26 Å². The minimum absolute atomic E-state index is 0.0194. The van der Waals surface area contributed by atoms with E-state index in [0.717, 1.165) is 43.9 Å². The summed E-state index contributed by atoms with van der Waals surface area (Å²) in [5, 5.41) is 4.05. The fourth-order valence-electron chi connectivity index (χ4n) is 3.36. The van der Waals surface area contributed by atoms with Crippen LogP contribution in [0.25, 0.3) is 0 Å². The number of nitrogens with zero attached hydrogens (tertiary/aromatic N) is 2. The van der Waals surface area contributed by atoms with Gasteiger partial charge in [0.2, 0.25) is 0 Å². The van der Waals surface area contributed by atoms with Gasteiger partial charge in [0.15, 0.2) is 0 Å². The van der Waals surface area contributed by atoms with Gasteiger partial charge in [-0.25, -0.2) is 0 Å². The fraction of sp³-hybridized carbons (Fsp3) is 0.500. The molecule has 0 saturated carbocycles. The summed E-state index contributed by atoms with van der Waals surface area (Å²) in [4.78, 5) is 15.2. The molecule has 5 nitrogen and oxygen atoms in total. The molecule has 0 unspecified atom stereocenters. The molecule has 1 fully saturated rings. The smallest absolute Gasteiger partial charge is 0.259 e. The van der Waals surface area contributed by atoms with Crippen LogP contribution in [0.4, 0.5) is 0 Å². The van der Waals surface area contributed by atoms with Crippen LogP contribution in [0.2, 0.25) is 0 Å². The van der Waals surface area contributed by atoms with Crippen LogP contribution in [-0.2, 0) is 17.7 Å². The summed E-state index contributed by atoms with van der Waals surface area (Å²) in [6.07, 6.45) is 2.69. The van der Waals surface area contributed by atoms with Gasteiger partial charge in [-0.15, -0.1) is 0 Å². The van der Waals surface area contributed by atoms with Crippen molar-refractivity contribution < 1.29 is 14.1 Å². The van der Waals surface area contributed by atoms with Gasteiger partial charge in [-0.2, -0.15) is 0 Å². The lowest BCUT2D eigenvalue weighted by molar-refractivity contribution is 0.0444.